The van der Waals surface area contributed by atoms with Crippen LogP contribution in [0.5, 0.6) is 0 Å². The number of halogens is 2. The van der Waals surface area contributed by atoms with Gasteiger partial charge in [0.2, 0.25) is 0 Å². The van der Waals surface area contributed by atoms with Crippen LogP contribution in [0, 0.1) is 27.7 Å². The van der Waals surface area contributed by atoms with E-state index in [2.05, 4.69) is 46.4 Å². The van der Waals surface area contributed by atoms with Crippen molar-refractivity contribution in [1.29, 1.82) is 0 Å². The van der Waals surface area contributed by atoms with Crippen molar-refractivity contribution in [3.8, 4) is 0 Å². The summed E-state index contributed by atoms with van der Waals surface area (Å²) in [6.45, 7) is 12.6. The molecule has 0 bridgehead atoms. The summed E-state index contributed by atoms with van der Waals surface area (Å²) in [6.07, 6.45) is 6.74. The summed E-state index contributed by atoms with van der Waals surface area (Å²) in [6, 6.07) is 8.00. The van der Waals surface area contributed by atoms with Gasteiger partial charge in [-0.1, -0.05) is 0 Å². The van der Waals surface area contributed by atoms with E-state index in [1.54, 1.807) is 0 Å². The van der Waals surface area contributed by atoms with Crippen LogP contribution >= 0.6 is 0 Å². The van der Waals surface area contributed by atoms with Crippen molar-refractivity contribution < 1.29 is 67.0 Å². The number of rotatable bonds is 10. The number of unbranched alkanes of at least 4 members (excludes halogenated alkanes) is 2. The molecule has 0 heterocycles. The first kappa shape index (κ1) is 32.2. The molecule has 0 atom stereocenters. The minimum absolute atomic E-state index is 0. The zero-order valence-electron chi connectivity index (χ0n) is 20.6. The van der Waals surface area contributed by atoms with Crippen molar-refractivity contribution in [2.75, 3.05) is 0 Å². The molecule has 33 heavy (non-hydrogen) atoms. The first-order chi connectivity index (χ1) is 14.8. The molecule has 2 aromatic rings. The molecule has 0 saturated heterocycles. The van der Waals surface area contributed by atoms with Gasteiger partial charge < -0.3 is 34.0 Å². The van der Waals surface area contributed by atoms with Gasteiger partial charge in [-0.05, 0) is 0 Å². The molecular weight excluding hydrogens is 711 g/mol. The third-order valence-electron chi connectivity index (χ3n) is 6.24. The number of carbonyl (C=O) groups excluding carboxylic acids is 2. The molecule has 0 spiro atoms. The summed E-state index contributed by atoms with van der Waals surface area (Å²) in [5.41, 5.74) is 8.54. The molecule has 0 saturated carbocycles. The van der Waals surface area contributed by atoms with Crippen LogP contribution in [0.15, 0.2) is 24.3 Å². The topological polar surface area (TPSA) is 58.2 Å². The van der Waals surface area contributed by atoms with Crippen LogP contribution in [0.4, 0.5) is 0 Å². The summed E-state index contributed by atoms with van der Waals surface area (Å²) in [5, 5.41) is 0. The zero-order chi connectivity index (χ0) is 23.0. The van der Waals surface area contributed by atoms with E-state index in [0.717, 1.165) is 49.7 Å². The fourth-order valence-corrected chi connectivity index (χ4v) is 5.81. The zero-order valence-corrected chi connectivity index (χ0v) is 27.4. The molecule has 0 aromatic heterocycles. The Labute approximate surface area is 232 Å². The number of amides is 2. The largest absolute Gasteiger partial charge is 1.00 e. The Morgan fingerprint density at radius 3 is 1.36 bits per heavy atom. The quantitative estimate of drug-likeness (QED) is 0.328. The molecule has 0 aliphatic carbocycles. The maximum Gasteiger partial charge on any atom is -1.00 e. The Bertz CT molecular complexity index is 873. The maximum absolute atomic E-state index is 12.7. The predicted molar refractivity (Wildman–Crippen MR) is 124 cm³/mol. The molecule has 7 heteroatoms. The minimum atomic E-state index is -1.82. The van der Waals surface area contributed by atoms with Crippen molar-refractivity contribution in [1.82, 2.24) is 6.61 Å². The van der Waals surface area contributed by atoms with E-state index in [0.29, 0.717) is 11.1 Å². The van der Waals surface area contributed by atoms with E-state index in [1.807, 2.05) is 26.0 Å². The third-order valence-corrected chi connectivity index (χ3v) is 8.77. The maximum atomic E-state index is 12.7. The van der Waals surface area contributed by atoms with Gasteiger partial charge >= 0.3 is 200 Å². The molecule has 0 radical (unpaired) electrons. The fraction of sp³-hybridized carbons (Fsp3) is 0.462. The van der Waals surface area contributed by atoms with Crippen LogP contribution in [0.25, 0.3) is 0 Å². The van der Waals surface area contributed by atoms with Gasteiger partial charge in [-0.15, -0.1) is 0 Å². The van der Waals surface area contributed by atoms with E-state index in [9.17, 15) is 9.59 Å². The molecular formula is C26H36Br2HfN2O2. The second-order valence-electron chi connectivity index (χ2n) is 8.28. The number of carbonyl (C=O) groups is 2. The standard InChI is InChI=1S/2C13H19NO.2BrH.Hf/c2*1-4-5-6-11-7-8-12(13(14)15)10(3)9(11)2;;;/h2*7-8H,4-6H2,1-3H3,(H2,14,15);2*1H;/q;;;;+4/p-4. The Morgan fingerprint density at radius 2 is 1.03 bits per heavy atom. The number of benzene rings is 2. The van der Waals surface area contributed by atoms with E-state index in [1.165, 1.54) is 22.3 Å². The van der Waals surface area contributed by atoms with Gasteiger partial charge in [0.15, 0.2) is 0 Å². The summed E-state index contributed by atoms with van der Waals surface area (Å²) in [4.78, 5) is 25.4. The van der Waals surface area contributed by atoms with Gasteiger partial charge in [0.05, 0.1) is 0 Å². The second-order valence-corrected chi connectivity index (χ2v) is 11.0. The van der Waals surface area contributed by atoms with E-state index in [-0.39, 0.29) is 45.8 Å². The van der Waals surface area contributed by atoms with Crippen molar-refractivity contribution in [2.24, 2.45) is 0 Å². The van der Waals surface area contributed by atoms with Crippen LogP contribution in [-0.2, 0) is 36.3 Å². The van der Waals surface area contributed by atoms with Gasteiger partial charge in [0.25, 0.3) is 0 Å². The Hall–Kier alpha value is -0.790. The van der Waals surface area contributed by atoms with Crippen LogP contribution in [-0.4, -0.2) is 11.8 Å². The van der Waals surface area contributed by atoms with Crippen LogP contribution in [0.3, 0.4) is 0 Å². The molecule has 2 N–H and O–H groups in total. The average Bonchev–Trinajstić information content (AvgIpc) is 2.75. The molecule has 2 aromatic carbocycles. The molecule has 2 rings (SSSR count). The number of hydrogen-bond acceptors (Lipinski definition) is 2. The summed E-state index contributed by atoms with van der Waals surface area (Å²) < 4.78 is 6.05. The van der Waals surface area contributed by atoms with Gasteiger partial charge in [-0.2, -0.15) is 0 Å². The number of hydrogen-bond donors (Lipinski definition) is 2. The summed E-state index contributed by atoms with van der Waals surface area (Å²) in [5.74, 6) is -0.150. The van der Waals surface area contributed by atoms with E-state index >= 15 is 0 Å². The van der Waals surface area contributed by atoms with E-state index < -0.39 is 23.5 Å². The van der Waals surface area contributed by atoms with Gasteiger partial charge in [-0.25, -0.2) is 0 Å². The monoisotopic (exact) mass is 746 g/mol. The van der Waals surface area contributed by atoms with E-state index in [4.69, 9.17) is 0 Å². The summed E-state index contributed by atoms with van der Waals surface area (Å²) in [7, 11) is 0. The first-order valence-electron chi connectivity index (χ1n) is 11.4. The van der Waals surface area contributed by atoms with Crippen molar-refractivity contribution in [3.63, 3.8) is 0 Å². The Morgan fingerprint density at radius 1 is 0.667 bits per heavy atom. The van der Waals surface area contributed by atoms with Crippen LogP contribution in [0.2, 0.25) is 0 Å². The predicted octanol–water partition coefficient (Wildman–Crippen LogP) is -0.314. The summed E-state index contributed by atoms with van der Waals surface area (Å²) >= 11 is -1.82. The van der Waals surface area contributed by atoms with Gasteiger partial charge in [0, 0.05) is 0 Å². The molecule has 2 amide bonds. The average molecular weight is 747 g/mol. The molecule has 0 aliphatic heterocycles. The molecule has 4 nitrogen and oxygen atoms in total. The van der Waals surface area contributed by atoms with Gasteiger partial charge in [-0.3, -0.25) is 0 Å². The van der Waals surface area contributed by atoms with Crippen molar-refractivity contribution in [3.05, 3.63) is 68.8 Å². The van der Waals surface area contributed by atoms with Crippen LogP contribution in [0.1, 0.15) is 93.6 Å². The third kappa shape index (κ3) is 8.74. The fourth-order valence-electron chi connectivity index (χ4n) is 3.80. The minimum Gasteiger partial charge on any atom is -1.00 e. The van der Waals surface area contributed by atoms with Gasteiger partial charge in [0.1, 0.15) is 0 Å². The van der Waals surface area contributed by atoms with Crippen molar-refractivity contribution >= 4 is 11.8 Å². The van der Waals surface area contributed by atoms with Crippen molar-refractivity contribution in [2.45, 2.75) is 80.1 Å². The molecule has 0 unspecified atom stereocenters. The SMILES string of the molecule is CCCCc1ccc(C(=O)[NH][Hf+2][NH]C(=O)c2ccc(CCCC)c(C)c2C)c(C)c1C.[Br-].[Br-]. The molecule has 0 fully saturated rings. The second kappa shape index (κ2) is 16.0. The number of nitrogens with one attached hydrogen (secondary N) is 2. The normalized spacial score (nSPS) is 9.88. The van der Waals surface area contributed by atoms with Crippen LogP contribution < -0.4 is 40.6 Å². The molecule has 180 valence electrons. The smallest absolute Gasteiger partial charge is 1.00 e. The molecule has 0 aliphatic rings. The first-order valence-corrected chi connectivity index (χ1v) is 14.9. The number of aryl methyl sites for hydroxylation is 2. The Balaban J connectivity index is 0.00000512. The Kier molecular flexibility index (Phi) is 15.6.